The third kappa shape index (κ3) is 2.78. The van der Waals surface area contributed by atoms with Gasteiger partial charge in [0.05, 0.1) is 12.3 Å². The lowest BCUT2D eigenvalue weighted by Gasteiger charge is -2.14. The number of benzene rings is 1. The molecule has 0 bridgehead atoms. The molecule has 0 amide bonds. The fraction of sp³-hybridized carbons (Fsp3) is 0.176. The predicted molar refractivity (Wildman–Crippen MR) is 93.5 cm³/mol. The van der Waals surface area contributed by atoms with E-state index in [1.165, 1.54) is 0 Å². The van der Waals surface area contributed by atoms with E-state index in [0.717, 1.165) is 33.6 Å². The molecule has 2 aromatic heterocycles. The van der Waals surface area contributed by atoms with E-state index in [9.17, 15) is 0 Å². The number of hydrogen-bond acceptors (Lipinski definition) is 6. The minimum Gasteiger partial charge on any atom is -0.494 e. The van der Waals surface area contributed by atoms with Crippen LogP contribution >= 0.6 is 11.8 Å². The summed E-state index contributed by atoms with van der Waals surface area (Å²) in [7, 11) is 0. The molecule has 1 aromatic carbocycles. The fourth-order valence-electron chi connectivity index (χ4n) is 2.43. The zero-order valence-electron chi connectivity index (χ0n) is 13.1. The van der Waals surface area contributed by atoms with E-state index in [1.807, 2.05) is 49.4 Å². The predicted octanol–water partition coefficient (Wildman–Crippen LogP) is 3.10. The summed E-state index contributed by atoms with van der Waals surface area (Å²) < 4.78 is 7.26. The van der Waals surface area contributed by atoms with Crippen LogP contribution < -0.4 is 4.74 Å². The lowest BCUT2D eigenvalue weighted by atomic mass is 10.1. The van der Waals surface area contributed by atoms with Gasteiger partial charge in [-0.3, -0.25) is 4.98 Å². The molecule has 6 nitrogen and oxygen atoms in total. The van der Waals surface area contributed by atoms with Crippen LogP contribution in [0.5, 0.6) is 5.75 Å². The number of ether oxygens (including phenoxy) is 1. The normalized spacial score (nSPS) is 13.3. The van der Waals surface area contributed by atoms with E-state index in [4.69, 9.17) is 9.84 Å². The van der Waals surface area contributed by atoms with Gasteiger partial charge in [0.1, 0.15) is 11.4 Å². The molecule has 0 unspecified atom stereocenters. The van der Waals surface area contributed by atoms with E-state index in [1.54, 1.807) is 22.6 Å². The number of fused-ring (bicyclic) bond motifs is 1. The lowest BCUT2D eigenvalue weighted by molar-refractivity contribution is 0.340. The molecule has 7 heteroatoms. The second kappa shape index (κ2) is 6.45. The summed E-state index contributed by atoms with van der Waals surface area (Å²) in [5.41, 5.74) is 2.80. The van der Waals surface area contributed by atoms with Crippen molar-refractivity contribution in [2.24, 2.45) is 5.10 Å². The monoisotopic (exact) mass is 337 g/mol. The van der Waals surface area contributed by atoms with Crippen LogP contribution in [0.4, 0.5) is 0 Å². The summed E-state index contributed by atoms with van der Waals surface area (Å²) >= 11 is 1.62. The highest BCUT2D eigenvalue weighted by Gasteiger charge is 2.21. The molecule has 1 aliphatic rings. The van der Waals surface area contributed by atoms with Gasteiger partial charge in [-0.05, 0) is 48.9 Å². The maximum absolute atomic E-state index is 5.49. The molecule has 0 saturated carbocycles. The Hall–Kier alpha value is -2.67. The number of thioether (sulfide) groups is 1. The summed E-state index contributed by atoms with van der Waals surface area (Å²) in [5, 5.41) is 14.0. The molecule has 3 heterocycles. The number of hydrogen-bond donors (Lipinski definition) is 0. The SMILES string of the molecule is CCOc1ccc(C2=Nn3c(nnc3-c3ccccn3)SC2)cc1. The molecule has 3 aromatic rings. The second-order valence-corrected chi connectivity index (χ2v) is 6.07. The maximum Gasteiger partial charge on any atom is 0.212 e. The Morgan fingerprint density at radius 2 is 2.00 bits per heavy atom. The number of rotatable bonds is 4. The Bertz CT molecular complexity index is 874. The maximum atomic E-state index is 5.49. The van der Waals surface area contributed by atoms with E-state index in [0.29, 0.717) is 12.4 Å². The van der Waals surface area contributed by atoms with Crippen LogP contribution in [-0.2, 0) is 0 Å². The molecule has 0 radical (unpaired) electrons. The first-order chi connectivity index (χ1) is 11.8. The van der Waals surface area contributed by atoms with Crippen molar-refractivity contribution in [1.29, 1.82) is 0 Å². The van der Waals surface area contributed by atoms with Crippen molar-refractivity contribution in [1.82, 2.24) is 19.9 Å². The van der Waals surface area contributed by atoms with Gasteiger partial charge < -0.3 is 4.74 Å². The standard InChI is InChI=1S/C17H15N5OS/c1-2-23-13-8-6-12(7-9-13)15-11-24-17-20-19-16(22(17)21-15)14-5-3-4-10-18-14/h3-10H,2,11H2,1H3. The highest BCUT2D eigenvalue weighted by atomic mass is 32.2. The van der Waals surface area contributed by atoms with Gasteiger partial charge in [0.25, 0.3) is 0 Å². The van der Waals surface area contributed by atoms with Crippen LogP contribution in [0.2, 0.25) is 0 Å². The molecule has 0 spiro atoms. The fourth-order valence-corrected chi connectivity index (χ4v) is 3.27. The van der Waals surface area contributed by atoms with E-state index in [-0.39, 0.29) is 0 Å². The first kappa shape index (κ1) is 14.9. The summed E-state index contributed by atoms with van der Waals surface area (Å²) in [6.45, 7) is 2.64. The lowest BCUT2D eigenvalue weighted by Crippen LogP contribution is -2.13. The Morgan fingerprint density at radius 3 is 2.75 bits per heavy atom. The topological polar surface area (TPSA) is 65.2 Å². The molecule has 0 fully saturated rings. The molecular weight excluding hydrogens is 322 g/mol. The quantitative estimate of drug-likeness (QED) is 0.732. The molecule has 4 rings (SSSR count). The van der Waals surface area contributed by atoms with E-state index < -0.39 is 0 Å². The van der Waals surface area contributed by atoms with Gasteiger partial charge in [0, 0.05) is 11.9 Å². The third-order valence-corrected chi connectivity index (χ3v) is 4.49. The number of nitrogens with zero attached hydrogens (tertiary/aromatic N) is 5. The molecule has 120 valence electrons. The van der Waals surface area contributed by atoms with Crippen molar-refractivity contribution in [2.75, 3.05) is 12.4 Å². The first-order valence-corrected chi connectivity index (χ1v) is 8.64. The molecule has 0 atom stereocenters. The number of aromatic nitrogens is 4. The largest absolute Gasteiger partial charge is 0.494 e. The highest BCUT2D eigenvalue weighted by Crippen LogP contribution is 2.27. The van der Waals surface area contributed by atoms with Crippen LogP contribution in [0.3, 0.4) is 0 Å². The van der Waals surface area contributed by atoms with E-state index >= 15 is 0 Å². The van der Waals surface area contributed by atoms with Crippen molar-refractivity contribution < 1.29 is 4.74 Å². The van der Waals surface area contributed by atoms with Gasteiger partial charge in [-0.15, -0.1) is 10.2 Å². The van der Waals surface area contributed by atoms with Gasteiger partial charge in [-0.1, -0.05) is 17.8 Å². The molecule has 24 heavy (non-hydrogen) atoms. The molecule has 1 aliphatic heterocycles. The minimum atomic E-state index is 0.654. The smallest absolute Gasteiger partial charge is 0.212 e. The van der Waals surface area contributed by atoms with Crippen LogP contribution in [0, 0.1) is 0 Å². The summed E-state index contributed by atoms with van der Waals surface area (Å²) in [6.07, 6.45) is 1.74. The molecule has 0 saturated heterocycles. The molecule has 0 N–H and O–H groups in total. The zero-order valence-corrected chi connectivity index (χ0v) is 13.9. The highest BCUT2D eigenvalue weighted by molar-refractivity contribution is 7.99. The van der Waals surface area contributed by atoms with E-state index in [2.05, 4.69) is 15.2 Å². The van der Waals surface area contributed by atoms with Gasteiger partial charge >= 0.3 is 0 Å². The summed E-state index contributed by atoms with van der Waals surface area (Å²) in [5.74, 6) is 2.28. The Balaban J connectivity index is 1.70. The van der Waals surface area contributed by atoms with Crippen molar-refractivity contribution in [2.45, 2.75) is 12.1 Å². The molecular formula is C17H15N5OS. The first-order valence-electron chi connectivity index (χ1n) is 7.66. The van der Waals surface area contributed by atoms with Crippen LogP contribution in [0.15, 0.2) is 58.9 Å². The summed E-state index contributed by atoms with van der Waals surface area (Å²) in [4.78, 5) is 4.34. The number of pyridine rings is 1. The Labute approximate surface area is 143 Å². The van der Waals surface area contributed by atoms with Gasteiger partial charge in [0.15, 0.2) is 0 Å². The third-order valence-electron chi connectivity index (χ3n) is 3.56. The van der Waals surface area contributed by atoms with Gasteiger partial charge in [-0.2, -0.15) is 9.78 Å². The zero-order chi connectivity index (χ0) is 16.4. The van der Waals surface area contributed by atoms with Crippen molar-refractivity contribution >= 4 is 17.5 Å². The van der Waals surface area contributed by atoms with Crippen LogP contribution in [0.1, 0.15) is 12.5 Å². The minimum absolute atomic E-state index is 0.654. The molecule has 0 aliphatic carbocycles. The van der Waals surface area contributed by atoms with Crippen molar-refractivity contribution in [3.8, 4) is 17.3 Å². The average molecular weight is 337 g/mol. The van der Waals surface area contributed by atoms with Crippen LogP contribution in [0.25, 0.3) is 11.5 Å². The van der Waals surface area contributed by atoms with Crippen LogP contribution in [-0.4, -0.2) is 37.9 Å². The van der Waals surface area contributed by atoms with Gasteiger partial charge in [0.2, 0.25) is 11.0 Å². The Morgan fingerprint density at radius 1 is 1.12 bits per heavy atom. The Kier molecular flexibility index (Phi) is 4.00. The average Bonchev–Trinajstić information content (AvgIpc) is 3.06. The second-order valence-electron chi connectivity index (χ2n) is 5.13. The van der Waals surface area contributed by atoms with Crippen molar-refractivity contribution in [3.63, 3.8) is 0 Å². The van der Waals surface area contributed by atoms with Gasteiger partial charge in [-0.25, -0.2) is 0 Å². The summed E-state index contributed by atoms with van der Waals surface area (Å²) in [6, 6.07) is 13.7. The van der Waals surface area contributed by atoms with Crippen molar-refractivity contribution in [3.05, 3.63) is 54.2 Å².